The van der Waals surface area contributed by atoms with Gasteiger partial charge in [0.25, 0.3) is 0 Å². The van der Waals surface area contributed by atoms with Gasteiger partial charge in [0.1, 0.15) is 5.75 Å². The zero-order chi connectivity index (χ0) is 15.4. The van der Waals surface area contributed by atoms with Gasteiger partial charge in [0.05, 0.1) is 7.11 Å². The van der Waals surface area contributed by atoms with Gasteiger partial charge in [-0.3, -0.25) is 0 Å². The third kappa shape index (κ3) is 3.86. The highest BCUT2D eigenvalue weighted by molar-refractivity contribution is 7.10. The summed E-state index contributed by atoms with van der Waals surface area (Å²) in [5, 5.41) is 5.90. The number of ether oxygens (including phenoxy) is 1. The maximum Gasteiger partial charge on any atom is 0.123 e. The molecule has 0 bridgehead atoms. The molecule has 2 atom stereocenters. The van der Waals surface area contributed by atoms with E-state index in [4.69, 9.17) is 4.74 Å². The van der Waals surface area contributed by atoms with Crippen molar-refractivity contribution in [3.8, 4) is 5.75 Å². The Morgan fingerprint density at radius 3 is 2.48 bits per heavy atom. The molecule has 2 rings (SSSR count). The van der Waals surface area contributed by atoms with Gasteiger partial charge in [0.15, 0.2) is 0 Å². The molecule has 0 radical (unpaired) electrons. The third-order valence-corrected chi connectivity index (χ3v) is 4.76. The number of hydrogen-bond acceptors (Lipinski definition) is 3. The summed E-state index contributed by atoms with van der Waals surface area (Å²) in [6, 6.07) is 11.4. The second-order valence-electron chi connectivity index (χ2n) is 5.87. The summed E-state index contributed by atoms with van der Waals surface area (Å²) in [6.45, 7) is 8.82. The predicted octanol–water partition coefficient (Wildman–Crippen LogP) is 5.11. The summed E-state index contributed by atoms with van der Waals surface area (Å²) in [4.78, 5) is 1.39. The highest BCUT2D eigenvalue weighted by atomic mass is 32.1. The first-order valence-corrected chi connectivity index (χ1v) is 8.35. The molecule has 1 aromatic carbocycles. The smallest absolute Gasteiger partial charge is 0.123 e. The summed E-state index contributed by atoms with van der Waals surface area (Å²) in [7, 11) is 1.74. The van der Waals surface area contributed by atoms with Crippen LogP contribution in [0.1, 0.15) is 48.9 Å². The first-order chi connectivity index (χ1) is 10.0. The molecule has 2 nitrogen and oxygen atoms in total. The minimum Gasteiger partial charge on any atom is -0.496 e. The van der Waals surface area contributed by atoms with Crippen LogP contribution in [0.3, 0.4) is 0 Å². The summed E-state index contributed by atoms with van der Waals surface area (Å²) in [6.07, 6.45) is 0. The van der Waals surface area contributed by atoms with E-state index in [1.165, 1.54) is 16.0 Å². The van der Waals surface area contributed by atoms with Crippen LogP contribution >= 0.6 is 11.3 Å². The molecule has 21 heavy (non-hydrogen) atoms. The van der Waals surface area contributed by atoms with E-state index < -0.39 is 0 Å². The van der Waals surface area contributed by atoms with Gasteiger partial charge in [-0.1, -0.05) is 32.0 Å². The van der Waals surface area contributed by atoms with Gasteiger partial charge in [-0.25, -0.2) is 0 Å². The van der Waals surface area contributed by atoms with Gasteiger partial charge < -0.3 is 10.1 Å². The van der Waals surface area contributed by atoms with Crippen LogP contribution in [0.5, 0.6) is 5.75 Å². The molecule has 0 spiro atoms. The first kappa shape index (κ1) is 16.1. The van der Waals surface area contributed by atoms with Crippen LogP contribution in [0.25, 0.3) is 0 Å². The molecule has 3 heteroatoms. The van der Waals surface area contributed by atoms with Gasteiger partial charge in [0.2, 0.25) is 0 Å². The van der Waals surface area contributed by atoms with E-state index in [9.17, 15) is 0 Å². The minimum atomic E-state index is 0.245. The standard InChI is InChI=1S/C18H25NOS/c1-12(2)18(17-7-6-10-21-17)19-14(4)15-9-8-13(3)11-16(15)20-5/h6-12,14,18-19H,1-5H3. The summed E-state index contributed by atoms with van der Waals surface area (Å²) in [5.74, 6) is 1.51. The first-order valence-electron chi connectivity index (χ1n) is 7.47. The topological polar surface area (TPSA) is 21.3 Å². The van der Waals surface area contributed by atoms with E-state index in [0.29, 0.717) is 12.0 Å². The number of rotatable bonds is 6. The van der Waals surface area contributed by atoms with Gasteiger partial charge in [-0.05, 0) is 42.8 Å². The van der Waals surface area contributed by atoms with Gasteiger partial charge in [0, 0.05) is 22.5 Å². The molecule has 114 valence electrons. The lowest BCUT2D eigenvalue weighted by atomic mass is 9.99. The second kappa shape index (κ2) is 7.10. The average Bonchev–Trinajstić information content (AvgIpc) is 2.97. The summed E-state index contributed by atoms with van der Waals surface area (Å²) in [5.41, 5.74) is 2.44. The Morgan fingerprint density at radius 1 is 1.14 bits per heavy atom. The van der Waals surface area contributed by atoms with Crippen molar-refractivity contribution in [2.24, 2.45) is 5.92 Å². The van der Waals surface area contributed by atoms with Crippen molar-refractivity contribution < 1.29 is 4.74 Å². The molecule has 0 amide bonds. The van der Waals surface area contributed by atoms with Crippen LogP contribution < -0.4 is 10.1 Å². The lowest BCUT2D eigenvalue weighted by molar-refractivity contribution is 0.363. The Bertz CT molecular complexity index is 563. The summed E-state index contributed by atoms with van der Waals surface area (Å²) >= 11 is 1.82. The van der Waals surface area contributed by atoms with Gasteiger partial charge in [-0.2, -0.15) is 0 Å². The maximum atomic E-state index is 5.54. The SMILES string of the molecule is COc1cc(C)ccc1C(C)NC(c1cccs1)C(C)C. The van der Waals surface area contributed by atoms with Crippen molar-refractivity contribution in [3.63, 3.8) is 0 Å². The Hall–Kier alpha value is -1.32. The number of aryl methyl sites for hydroxylation is 1. The molecule has 2 unspecified atom stereocenters. The molecular weight excluding hydrogens is 278 g/mol. The fraction of sp³-hybridized carbons (Fsp3) is 0.444. The zero-order valence-corrected chi connectivity index (χ0v) is 14.3. The number of methoxy groups -OCH3 is 1. The van der Waals surface area contributed by atoms with Crippen LogP contribution in [0.15, 0.2) is 35.7 Å². The average molecular weight is 303 g/mol. The molecule has 1 N–H and O–H groups in total. The largest absolute Gasteiger partial charge is 0.496 e. The third-order valence-electron chi connectivity index (χ3n) is 3.80. The molecule has 0 saturated carbocycles. The quantitative estimate of drug-likeness (QED) is 0.800. The normalized spacial score (nSPS) is 14.2. The number of hydrogen-bond donors (Lipinski definition) is 1. The van der Waals surface area contributed by atoms with Crippen LogP contribution in [-0.2, 0) is 0 Å². The highest BCUT2D eigenvalue weighted by Gasteiger charge is 2.21. The van der Waals surface area contributed by atoms with Crippen molar-refractivity contribution in [3.05, 3.63) is 51.7 Å². The number of benzene rings is 1. The molecule has 0 fully saturated rings. The molecule has 2 aromatic rings. The lowest BCUT2D eigenvalue weighted by Crippen LogP contribution is -2.28. The number of nitrogens with one attached hydrogen (secondary N) is 1. The Morgan fingerprint density at radius 2 is 1.90 bits per heavy atom. The Kier molecular flexibility index (Phi) is 5.43. The minimum absolute atomic E-state index is 0.245. The molecule has 0 aliphatic carbocycles. The van der Waals surface area contributed by atoms with Crippen LogP contribution in [0.4, 0.5) is 0 Å². The Balaban J connectivity index is 2.21. The van der Waals surface area contributed by atoms with Crippen LogP contribution in [0.2, 0.25) is 0 Å². The van der Waals surface area contributed by atoms with Crippen molar-refractivity contribution in [1.82, 2.24) is 5.32 Å². The van der Waals surface area contributed by atoms with E-state index in [-0.39, 0.29) is 6.04 Å². The van der Waals surface area contributed by atoms with Crippen molar-refractivity contribution in [2.45, 2.75) is 39.8 Å². The highest BCUT2D eigenvalue weighted by Crippen LogP contribution is 2.32. The van der Waals surface area contributed by atoms with E-state index >= 15 is 0 Å². The molecular formula is C18H25NOS. The predicted molar refractivity (Wildman–Crippen MR) is 91.2 cm³/mol. The molecule has 0 saturated heterocycles. The molecule has 1 heterocycles. The molecule has 0 aliphatic rings. The lowest BCUT2D eigenvalue weighted by Gasteiger charge is -2.27. The van der Waals surface area contributed by atoms with E-state index in [1.54, 1.807) is 7.11 Å². The Labute approximate surface area is 132 Å². The van der Waals surface area contributed by atoms with Crippen molar-refractivity contribution in [2.75, 3.05) is 7.11 Å². The fourth-order valence-corrected chi connectivity index (χ4v) is 3.56. The molecule has 0 aliphatic heterocycles. The second-order valence-corrected chi connectivity index (χ2v) is 6.85. The van der Waals surface area contributed by atoms with E-state index in [0.717, 1.165) is 5.75 Å². The van der Waals surface area contributed by atoms with Crippen LogP contribution in [-0.4, -0.2) is 7.11 Å². The van der Waals surface area contributed by atoms with Crippen LogP contribution in [0, 0.1) is 12.8 Å². The van der Waals surface area contributed by atoms with Gasteiger partial charge in [-0.15, -0.1) is 11.3 Å². The number of thiophene rings is 1. The van der Waals surface area contributed by atoms with E-state index in [1.807, 2.05) is 11.3 Å². The summed E-state index contributed by atoms with van der Waals surface area (Å²) < 4.78 is 5.54. The van der Waals surface area contributed by atoms with Gasteiger partial charge >= 0.3 is 0 Å². The van der Waals surface area contributed by atoms with Crippen molar-refractivity contribution >= 4 is 11.3 Å². The monoisotopic (exact) mass is 303 g/mol. The molecule has 1 aromatic heterocycles. The maximum absolute atomic E-state index is 5.54. The fourth-order valence-electron chi connectivity index (χ4n) is 2.61. The zero-order valence-electron chi connectivity index (χ0n) is 13.5. The van der Waals surface area contributed by atoms with Crippen molar-refractivity contribution in [1.29, 1.82) is 0 Å². The van der Waals surface area contributed by atoms with E-state index in [2.05, 4.69) is 68.7 Å².